The topological polar surface area (TPSA) is 141 Å². The first-order chi connectivity index (χ1) is 8.31. The number of carbonyl (C=O) groups excluding carboxylic acids is 2. The summed E-state index contributed by atoms with van der Waals surface area (Å²) < 4.78 is 0. The Hall–Kier alpha value is -2.38. The molecule has 0 saturated heterocycles. The fraction of sp³-hybridized carbons (Fsp3) is 0.400. The third-order valence-electron chi connectivity index (χ3n) is 2.26. The number of rotatable bonds is 5. The summed E-state index contributed by atoms with van der Waals surface area (Å²) in [5, 5.41) is 0. The van der Waals surface area contributed by atoms with Crippen LogP contribution in [0.25, 0.3) is 0 Å². The van der Waals surface area contributed by atoms with Gasteiger partial charge in [0, 0.05) is 5.56 Å². The molecule has 0 aromatic carbocycles. The Balaban J connectivity index is 3.19. The third kappa shape index (κ3) is 3.30. The second-order valence-corrected chi connectivity index (χ2v) is 3.89. The van der Waals surface area contributed by atoms with Crippen molar-refractivity contribution in [3.8, 4) is 0 Å². The van der Waals surface area contributed by atoms with E-state index in [9.17, 15) is 9.59 Å². The zero-order valence-electron chi connectivity index (χ0n) is 10.3. The number of hydrogen-bond acceptors (Lipinski definition) is 6. The molecule has 98 valence electrons. The van der Waals surface area contributed by atoms with Gasteiger partial charge < -0.3 is 22.1 Å². The average molecular weight is 252 g/mol. The van der Waals surface area contributed by atoms with Crippen molar-refractivity contribution in [2.45, 2.75) is 13.8 Å². The fourth-order valence-corrected chi connectivity index (χ4v) is 1.52. The van der Waals surface area contributed by atoms with Gasteiger partial charge in [0.2, 0.25) is 11.8 Å². The molecular weight excluding hydrogens is 236 g/mol. The van der Waals surface area contributed by atoms with Crippen molar-refractivity contribution < 1.29 is 9.59 Å². The Morgan fingerprint density at radius 2 is 1.61 bits per heavy atom. The number of carbonyl (C=O) groups is 2. The van der Waals surface area contributed by atoms with E-state index in [0.717, 1.165) is 0 Å². The summed E-state index contributed by atoms with van der Waals surface area (Å²) in [4.78, 5) is 31.5. The fourth-order valence-electron chi connectivity index (χ4n) is 1.52. The minimum atomic E-state index is -0.592. The lowest BCUT2D eigenvalue weighted by Crippen LogP contribution is -2.40. The quantitative estimate of drug-likeness (QED) is 0.579. The number of anilines is 2. The Bertz CT molecular complexity index is 472. The smallest absolute Gasteiger partial charge is 0.237 e. The number of aryl methyl sites for hydroxylation is 1. The molecule has 6 N–H and O–H groups in total. The number of aromatic nitrogens is 2. The van der Waals surface area contributed by atoms with Gasteiger partial charge in [0.05, 0.1) is 13.1 Å². The summed E-state index contributed by atoms with van der Waals surface area (Å²) in [5.41, 5.74) is 16.5. The van der Waals surface area contributed by atoms with Gasteiger partial charge in [0.15, 0.2) is 0 Å². The molecule has 1 aromatic rings. The molecule has 0 spiro atoms. The van der Waals surface area contributed by atoms with Crippen LogP contribution in [-0.2, 0) is 9.59 Å². The van der Waals surface area contributed by atoms with E-state index in [-0.39, 0.29) is 18.9 Å². The number of nitrogens with two attached hydrogens (primary N) is 3. The maximum atomic E-state index is 11.0. The number of nitrogen functional groups attached to an aromatic ring is 1. The minimum absolute atomic E-state index is 0.167. The molecule has 0 saturated carbocycles. The predicted molar refractivity (Wildman–Crippen MR) is 66.5 cm³/mol. The molecule has 2 amide bonds. The Labute approximate surface area is 104 Å². The molecule has 0 unspecified atom stereocenters. The zero-order valence-corrected chi connectivity index (χ0v) is 10.3. The first-order valence-electron chi connectivity index (χ1n) is 5.23. The van der Waals surface area contributed by atoms with Gasteiger partial charge in [0.25, 0.3) is 0 Å². The largest absolute Gasteiger partial charge is 0.383 e. The van der Waals surface area contributed by atoms with Crippen LogP contribution >= 0.6 is 0 Å². The van der Waals surface area contributed by atoms with E-state index < -0.39 is 11.8 Å². The molecule has 1 aromatic heterocycles. The Morgan fingerprint density at radius 1 is 1.11 bits per heavy atom. The monoisotopic (exact) mass is 252 g/mol. The van der Waals surface area contributed by atoms with Crippen LogP contribution in [0.1, 0.15) is 11.4 Å². The van der Waals surface area contributed by atoms with E-state index >= 15 is 0 Å². The number of primary amides is 2. The van der Waals surface area contributed by atoms with Gasteiger partial charge in [-0.3, -0.25) is 9.59 Å². The number of nitrogens with zero attached hydrogens (tertiary/aromatic N) is 3. The van der Waals surface area contributed by atoms with Gasteiger partial charge >= 0.3 is 0 Å². The molecule has 8 nitrogen and oxygen atoms in total. The summed E-state index contributed by atoms with van der Waals surface area (Å²) in [5.74, 6) is -0.0722. The highest BCUT2D eigenvalue weighted by Crippen LogP contribution is 2.20. The molecule has 0 radical (unpaired) electrons. The molecule has 0 aliphatic carbocycles. The van der Waals surface area contributed by atoms with Gasteiger partial charge in [-0.25, -0.2) is 9.97 Å². The lowest BCUT2D eigenvalue weighted by atomic mass is 10.2. The van der Waals surface area contributed by atoms with Gasteiger partial charge in [-0.05, 0) is 13.8 Å². The van der Waals surface area contributed by atoms with Crippen LogP contribution in [0.5, 0.6) is 0 Å². The van der Waals surface area contributed by atoms with E-state index in [1.807, 2.05) is 0 Å². The average Bonchev–Trinajstić information content (AvgIpc) is 2.21. The van der Waals surface area contributed by atoms with Crippen LogP contribution in [0, 0.1) is 13.8 Å². The Kier molecular flexibility index (Phi) is 4.03. The first kappa shape index (κ1) is 13.7. The molecule has 1 heterocycles. The Morgan fingerprint density at radius 3 is 2.06 bits per heavy atom. The van der Waals surface area contributed by atoms with Crippen molar-refractivity contribution in [3.63, 3.8) is 0 Å². The molecule has 18 heavy (non-hydrogen) atoms. The highest BCUT2D eigenvalue weighted by Gasteiger charge is 2.18. The zero-order chi connectivity index (χ0) is 13.9. The summed E-state index contributed by atoms with van der Waals surface area (Å²) in [6.07, 6.45) is 0. The van der Waals surface area contributed by atoms with Crippen molar-refractivity contribution in [2.24, 2.45) is 11.5 Å². The molecule has 0 aliphatic rings. The third-order valence-corrected chi connectivity index (χ3v) is 2.26. The summed E-state index contributed by atoms with van der Waals surface area (Å²) in [7, 11) is 0. The van der Waals surface area contributed by atoms with Crippen LogP contribution in [0.2, 0.25) is 0 Å². The van der Waals surface area contributed by atoms with Gasteiger partial charge in [-0.2, -0.15) is 0 Å². The summed E-state index contributed by atoms with van der Waals surface area (Å²) in [6.45, 7) is 3.02. The van der Waals surface area contributed by atoms with E-state index in [2.05, 4.69) is 9.97 Å². The SMILES string of the molecule is Cc1nc(N)c(C)c(N(CC(N)=O)CC(N)=O)n1. The lowest BCUT2D eigenvalue weighted by Gasteiger charge is -2.23. The van der Waals surface area contributed by atoms with Gasteiger partial charge in [0.1, 0.15) is 17.5 Å². The van der Waals surface area contributed by atoms with Crippen LogP contribution in [0.3, 0.4) is 0 Å². The van der Waals surface area contributed by atoms with Crippen LogP contribution in [0.15, 0.2) is 0 Å². The second kappa shape index (κ2) is 5.30. The van der Waals surface area contributed by atoms with Crippen LogP contribution < -0.4 is 22.1 Å². The predicted octanol–water partition coefficient (Wildman–Crippen LogP) is -1.55. The van der Waals surface area contributed by atoms with E-state index in [4.69, 9.17) is 17.2 Å². The molecular formula is C10H16N6O2. The summed E-state index contributed by atoms with van der Waals surface area (Å²) >= 11 is 0. The van der Waals surface area contributed by atoms with Crippen molar-refractivity contribution in [1.29, 1.82) is 0 Å². The van der Waals surface area contributed by atoms with E-state index in [1.165, 1.54) is 4.90 Å². The van der Waals surface area contributed by atoms with Crippen molar-refractivity contribution in [1.82, 2.24) is 9.97 Å². The van der Waals surface area contributed by atoms with Crippen molar-refractivity contribution in [2.75, 3.05) is 23.7 Å². The van der Waals surface area contributed by atoms with E-state index in [0.29, 0.717) is 17.2 Å². The van der Waals surface area contributed by atoms with Gasteiger partial charge in [-0.15, -0.1) is 0 Å². The van der Waals surface area contributed by atoms with Crippen molar-refractivity contribution in [3.05, 3.63) is 11.4 Å². The number of amides is 2. The highest BCUT2D eigenvalue weighted by molar-refractivity contribution is 5.85. The maximum absolute atomic E-state index is 11.0. The first-order valence-corrected chi connectivity index (χ1v) is 5.23. The maximum Gasteiger partial charge on any atom is 0.237 e. The number of hydrogen-bond donors (Lipinski definition) is 3. The molecule has 1 rings (SSSR count). The van der Waals surface area contributed by atoms with Crippen LogP contribution in [0.4, 0.5) is 11.6 Å². The molecule has 8 heteroatoms. The summed E-state index contributed by atoms with van der Waals surface area (Å²) in [6, 6.07) is 0. The standard InChI is InChI=1S/C10H16N6O2/c1-5-9(13)14-6(2)15-10(5)16(3-7(11)17)4-8(12)18/h3-4H2,1-2H3,(H2,11,17)(H2,12,18)(H2,13,14,15). The molecule has 0 aliphatic heterocycles. The van der Waals surface area contributed by atoms with Crippen LogP contribution in [-0.4, -0.2) is 34.9 Å². The molecule has 0 atom stereocenters. The minimum Gasteiger partial charge on any atom is -0.383 e. The molecule has 0 fully saturated rings. The van der Waals surface area contributed by atoms with Gasteiger partial charge in [-0.1, -0.05) is 0 Å². The van der Waals surface area contributed by atoms with E-state index in [1.54, 1.807) is 13.8 Å². The molecule has 0 bridgehead atoms. The van der Waals surface area contributed by atoms with Crippen molar-refractivity contribution >= 4 is 23.5 Å². The highest BCUT2D eigenvalue weighted by atomic mass is 16.2. The lowest BCUT2D eigenvalue weighted by molar-refractivity contribution is -0.117. The second-order valence-electron chi connectivity index (χ2n) is 3.89. The normalized spacial score (nSPS) is 10.1.